The number of rotatable bonds is 6. The standard InChI is InChI=1S/C15H16ClNO2S/c1-18-11-2-4-12(5-3-11)19-8-9-20-13-6-7-15(17)14(16)10-13/h2-7,10H,8-9,17H2,1H3. The Hall–Kier alpha value is -1.52. The second-order valence-electron chi connectivity index (χ2n) is 4.06. The van der Waals surface area contributed by atoms with Gasteiger partial charge < -0.3 is 15.2 Å². The summed E-state index contributed by atoms with van der Waals surface area (Å²) in [7, 11) is 1.64. The third-order valence-electron chi connectivity index (χ3n) is 2.65. The zero-order valence-corrected chi connectivity index (χ0v) is 12.7. The van der Waals surface area contributed by atoms with Gasteiger partial charge in [-0.15, -0.1) is 11.8 Å². The predicted molar refractivity (Wildman–Crippen MR) is 85.1 cm³/mol. The molecule has 0 spiro atoms. The van der Waals surface area contributed by atoms with Gasteiger partial charge in [-0.1, -0.05) is 11.6 Å². The summed E-state index contributed by atoms with van der Waals surface area (Å²) in [6.45, 7) is 0.624. The molecule has 0 aliphatic heterocycles. The van der Waals surface area contributed by atoms with Crippen LogP contribution in [0.25, 0.3) is 0 Å². The van der Waals surface area contributed by atoms with E-state index in [2.05, 4.69) is 0 Å². The van der Waals surface area contributed by atoms with E-state index in [1.165, 1.54) is 0 Å². The average molecular weight is 310 g/mol. The minimum absolute atomic E-state index is 0.589. The second-order valence-corrected chi connectivity index (χ2v) is 5.63. The number of nitrogens with two attached hydrogens (primary N) is 1. The lowest BCUT2D eigenvalue weighted by Crippen LogP contribution is -2.00. The summed E-state index contributed by atoms with van der Waals surface area (Å²) in [5.74, 6) is 2.50. The topological polar surface area (TPSA) is 44.5 Å². The minimum atomic E-state index is 0.589. The molecule has 0 heterocycles. The Balaban J connectivity index is 1.76. The van der Waals surface area contributed by atoms with Crippen LogP contribution in [0, 0.1) is 0 Å². The van der Waals surface area contributed by atoms with Gasteiger partial charge in [-0.2, -0.15) is 0 Å². The van der Waals surface area contributed by atoms with Crippen molar-refractivity contribution >= 4 is 29.1 Å². The van der Waals surface area contributed by atoms with E-state index in [0.29, 0.717) is 17.3 Å². The number of benzene rings is 2. The molecule has 0 unspecified atom stereocenters. The second kappa shape index (κ2) is 7.31. The van der Waals surface area contributed by atoms with Crippen molar-refractivity contribution in [2.24, 2.45) is 0 Å². The normalized spacial score (nSPS) is 10.3. The van der Waals surface area contributed by atoms with Crippen molar-refractivity contribution in [1.82, 2.24) is 0 Å². The van der Waals surface area contributed by atoms with Crippen molar-refractivity contribution in [2.45, 2.75) is 4.90 Å². The summed E-state index contributed by atoms with van der Waals surface area (Å²) in [6, 6.07) is 13.2. The number of halogens is 1. The van der Waals surface area contributed by atoms with Crippen LogP contribution in [0.1, 0.15) is 0 Å². The molecule has 0 amide bonds. The van der Waals surface area contributed by atoms with Crippen LogP contribution in [0.2, 0.25) is 5.02 Å². The molecule has 0 fully saturated rings. The summed E-state index contributed by atoms with van der Waals surface area (Å²) in [4.78, 5) is 1.09. The van der Waals surface area contributed by atoms with E-state index in [1.54, 1.807) is 18.9 Å². The smallest absolute Gasteiger partial charge is 0.119 e. The molecule has 2 aromatic carbocycles. The van der Waals surface area contributed by atoms with Crippen LogP contribution in [0.3, 0.4) is 0 Å². The first kappa shape index (κ1) is 14.9. The van der Waals surface area contributed by atoms with Crippen molar-refractivity contribution < 1.29 is 9.47 Å². The Morgan fingerprint density at radius 2 is 1.80 bits per heavy atom. The number of hydrogen-bond donors (Lipinski definition) is 1. The molecule has 0 aromatic heterocycles. The summed E-state index contributed by atoms with van der Waals surface area (Å²) >= 11 is 7.65. The lowest BCUT2D eigenvalue weighted by atomic mass is 10.3. The largest absolute Gasteiger partial charge is 0.497 e. The van der Waals surface area contributed by atoms with Crippen LogP contribution in [-0.4, -0.2) is 19.5 Å². The summed E-state index contributed by atoms with van der Waals surface area (Å²) in [6.07, 6.45) is 0. The Kier molecular flexibility index (Phi) is 5.44. The van der Waals surface area contributed by atoms with Gasteiger partial charge in [0.1, 0.15) is 11.5 Å². The first-order valence-corrected chi connectivity index (χ1v) is 7.50. The number of nitrogen functional groups attached to an aromatic ring is 1. The third kappa shape index (κ3) is 4.25. The summed E-state index contributed by atoms with van der Waals surface area (Å²) < 4.78 is 10.7. The third-order valence-corrected chi connectivity index (χ3v) is 3.94. The molecule has 2 rings (SSSR count). The van der Waals surface area contributed by atoms with Crippen molar-refractivity contribution in [3.63, 3.8) is 0 Å². The highest BCUT2D eigenvalue weighted by Crippen LogP contribution is 2.26. The lowest BCUT2D eigenvalue weighted by Gasteiger charge is -2.07. The minimum Gasteiger partial charge on any atom is -0.497 e. The highest BCUT2D eigenvalue weighted by atomic mass is 35.5. The molecule has 0 aliphatic carbocycles. The van der Waals surface area contributed by atoms with Crippen LogP contribution < -0.4 is 15.2 Å². The monoisotopic (exact) mass is 309 g/mol. The molecule has 2 N–H and O–H groups in total. The molecule has 5 heteroatoms. The van der Waals surface area contributed by atoms with E-state index >= 15 is 0 Å². The lowest BCUT2D eigenvalue weighted by molar-refractivity contribution is 0.342. The fourth-order valence-corrected chi connectivity index (χ4v) is 2.60. The Morgan fingerprint density at radius 3 is 2.45 bits per heavy atom. The van der Waals surface area contributed by atoms with Gasteiger partial charge in [0.25, 0.3) is 0 Å². The Morgan fingerprint density at radius 1 is 1.10 bits per heavy atom. The molecule has 0 atom stereocenters. The zero-order valence-electron chi connectivity index (χ0n) is 11.1. The first-order chi connectivity index (χ1) is 9.69. The molecular formula is C15H16ClNO2S. The highest BCUT2D eigenvalue weighted by molar-refractivity contribution is 7.99. The summed E-state index contributed by atoms with van der Waals surface area (Å²) in [5.41, 5.74) is 6.27. The number of methoxy groups -OCH3 is 1. The van der Waals surface area contributed by atoms with Gasteiger partial charge in [-0.05, 0) is 42.5 Å². The Bertz CT molecular complexity index is 560. The molecular weight excluding hydrogens is 294 g/mol. The molecule has 0 saturated carbocycles. The van der Waals surface area contributed by atoms with Crippen LogP contribution >= 0.6 is 23.4 Å². The van der Waals surface area contributed by atoms with Crippen molar-refractivity contribution in [3.05, 3.63) is 47.5 Å². The maximum atomic E-state index is 5.97. The first-order valence-electron chi connectivity index (χ1n) is 6.14. The molecule has 0 bridgehead atoms. The van der Waals surface area contributed by atoms with Gasteiger partial charge in [0.15, 0.2) is 0 Å². The van der Waals surface area contributed by atoms with E-state index in [1.807, 2.05) is 42.5 Å². The summed E-state index contributed by atoms with van der Waals surface area (Å²) in [5, 5.41) is 0.589. The number of hydrogen-bond acceptors (Lipinski definition) is 4. The van der Waals surface area contributed by atoms with Crippen molar-refractivity contribution in [1.29, 1.82) is 0 Å². The number of anilines is 1. The van der Waals surface area contributed by atoms with Gasteiger partial charge in [0.2, 0.25) is 0 Å². The SMILES string of the molecule is COc1ccc(OCCSc2ccc(N)c(Cl)c2)cc1. The maximum absolute atomic E-state index is 5.97. The van der Waals surface area contributed by atoms with Gasteiger partial charge in [0.05, 0.1) is 24.4 Å². The van der Waals surface area contributed by atoms with Gasteiger partial charge in [-0.3, -0.25) is 0 Å². The molecule has 20 heavy (non-hydrogen) atoms. The van der Waals surface area contributed by atoms with E-state index in [-0.39, 0.29) is 0 Å². The molecule has 3 nitrogen and oxygen atoms in total. The van der Waals surface area contributed by atoms with Gasteiger partial charge in [-0.25, -0.2) is 0 Å². The maximum Gasteiger partial charge on any atom is 0.119 e. The van der Waals surface area contributed by atoms with Crippen molar-refractivity contribution in [2.75, 3.05) is 25.2 Å². The van der Waals surface area contributed by atoms with Gasteiger partial charge >= 0.3 is 0 Å². The highest BCUT2D eigenvalue weighted by Gasteiger charge is 2.00. The Labute approximate surface area is 128 Å². The molecule has 0 aliphatic rings. The average Bonchev–Trinajstić information content (AvgIpc) is 2.48. The molecule has 0 saturated heterocycles. The van der Waals surface area contributed by atoms with Crippen LogP contribution in [0.15, 0.2) is 47.4 Å². The molecule has 2 aromatic rings. The van der Waals surface area contributed by atoms with Crippen LogP contribution in [0.5, 0.6) is 11.5 Å². The van der Waals surface area contributed by atoms with Gasteiger partial charge in [0, 0.05) is 10.6 Å². The predicted octanol–water partition coefficient (Wildman–Crippen LogP) is 4.10. The zero-order chi connectivity index (χ0) is 14.4. The van der Waals surface area contributed by atoms with E-state index in [0.717, 1.165) is 22.1 Å². The quantitative estimate of drug-likeness (QED) is 0.495. The van der Waals surface area contributed by atoms with E-state index in [9.17, 15) is 0 Å². The number of thioether (sulfide) groups is 1. The number of ether oxygens (including phenoxy) is 2. The fraction of sp³-hybridized carbons (Fsp3) is 0.200. The van der Waals surface area contributed by atoms with Crippen LogP contribution in [-0.2, 0) is 0 Å². The van der Waals surface area contributed by atoms with Crippen molar-refractivity contribution in [3.8, 4) is 11.5 Å². The molecule has 0 radical (unpaired) electrons. The van der Waals surface area contributed by atoms with E-state index in [4.69, 9.17) is 26.8 Å². The molecule has 106 valence electrons. The van der Waals surface area contributed by atoms with E-state index < -0.39 is 0 Å². The fourth-order valence-electron chi connectivity index (χ4n) is 1.59. The van der Waals surface area contributed by atoms with Crippen LogP contribution in [0.4, 0.5) is 5.69 Å².